The molecule has 0 saturated carbocycles. The second-order valence-electron chi connectivity index (χ2n) is 4.23. The number of hydrogen-bond donors (Lipinski definition) is 1. The Hall–Kier alpha value is -2.47. The average Bonchev–Trinajstić information content (AvgIpc) is 3.09. The van der Waals surface area contributed by atoms with Gasteiger partial charge in [0.15, 0.2) is 5.82 Å². The maximum atomic E-state index is 12.1. The van der Waals surface area contributed by atoms with Crippen molar-refractivity contribution in [1.82, 2.24) is 14.8 Å². The molecule has 0 atom stereocenters. The molecule has 1 amide bonds. The van der Waals surface area contributed by atoms with E-state index in [0.717, 1.165) is 10.6 Å². The Balaban J connectivity index is 1.78. The molecular weight excluding hydrogens is 272 g/mol. The number of thiazole rings is 1. The van der Waals surface area contributed by atoms with E-state index in [1.807, 2.05) is 30.3 Å². The molecule has 6 heteroatoms. The normalized spacial score (nSPS) is 10.4. The SMILES string of the molecule is Cn1ccc(NC(=O)c2csc(-c3ccccc3)n2)n1. The molecule has 100 valence electrons. The van der Waals surface area contributed by atoms with E-state index < -0.39 is 0 Å². The molecular formula is C14H12N4OS. The molecule has 2 heterocycles. The lowest BCUT2D eigenvalue weighted by Crippen LogP contribution is -2.12. The Morgan fingerprint density at radius 3 is 2.75 bits per heavy atom. The largest absolute Gasteiger partial charge is 0.304 e. The number of hydrogen-bond acceptors (Lipinski definition) is 4. The van der Waals surface area contributed by atoms with Crippen molar-refractivity contribution in [3.8, 4) is 10.6 Å². The molecule has 0 bridgehead atoms. The van der Waals surface area contributed by atoms with Gasteiger partial charge < -0.3 is 5.32 Å². The van der Waals surface area contributed by atoms with Crippen LogP contribution in [0.15, 0.2) is 48.0 Å². The number of carbonyl (C=O) groups excluding carboxylic acids is 1. The van der Waals surface area contributed by atoms with Crippen LogP contribution < -0.4 is 5.32 Å². The van der Waals surface area contributed by atoms with Gasteiger partial charge in [-0.25, -0.2) is 4.98 Å². The minimum atomic E-state index is -0.248. The molecule has 0 spiro atoms. The van der Waals surface area contributed by atoms with E-state index in [1.165, 1.54) is 11.3 Å². The second kappa shape index (κ2) is 5.26. The van der Waals surface area contributed by atoms with Gasteiger partial charge in [-0.15, -0.1) is 11.3 Å². The monoisotopic (exact) mass is 284 g/mol. The van der Waals surface area contributed by atoms with Crippen LogP contribution in [0.5, 0.6) is 0 Å². The first kappa shape index (κ1) is 12.6. The summed E-state index contributed by atoms with van der Waals surface area (Å²) >= 11 is 1.45. The topological polar surface area (TPSA) is 59.8 Å². The fourth-order valence-electron chi connectivity index (χ4n) is 1.75. The van der Waals surface area contributed by atoms with Gasteiger partial charge in [0.25, 0.3) is 5.91 Å². The maximum Gasteiger partial charge on any atom is 0.276 e. The van der Waals surface area contributed by atoms with Gasteiger partial charge in [0.2, 0.25) is 0 Å². The molecule has 0 saturated heterocycles. The molecule has 2 aromatic heterocycles. The van der Waals surface area contributed by atoms with Crippen LogP contribution in [0, 0.1) is 0 Å². The maximum absolute atomic E-state index is 12.1. The van der Waals surface area contributed by atoms with E-state index >= 15 is 0 Å². The summed E-state index contributed by atoms with van der Waals surface area (Å²) in [5, 5.41) is 9.40. The summed E-state index contributed by atoms with van der Waals surface area (Å²) in [7, 11) is 1.80. The quantitative estimate of drug-likeness (QED) is 0.804. The highest BCUT2D eigenvalue weighted by molar-refractivity contribution is 7.13. The summed E-state index contributed by atoms with van der Waals surface area (Å²) in [5.74, 6) is 0.272. The summed E-state index contributed by atoms with van der Waals surface area (Å²) < 4.78 is 1.63. The molecule has 5 nitrogen and oxygen atoms in total. The van der Waals surface area contributed by atoms with Crippen molar-refractivity contribution >= 4 is 23.1 Å². The molecule has 0 aliphatic rings. The van der Waals surface area contributed by atoms with Crippen LogP contribution in [-0.4, -0.2) is 20.7 Å². The number of amides is 1. The van der Waals surface area contributed by atoms with E-state index in [-0.39, 0.29) is 5.91 Å². The van der Waals surface area contributed by atoms with E-state index in [4.69, 9.17) is 0 Å². The summed E-state index contributed by atoms with van der Waals surface area (Å²) in [6, 6.07) is 11.5. The van der Waals surface area contributed by atoms with E-state index in [9.17, 15) is 4.79 Å². The van der Waals surface area contributed by atoms with Gasteiger partial charge >= 0.3 is 0 Å². The molecule has 0 fully saturated rings. The Bertz CT molecular complexity index is 732. The standard InChI is InChI=1S/C14H12N4OS/c1-18-8-7-12(17-18)16-13(19)11-9-20-14(15-11)10-5-3-2-4-6-10/h2-9H,1H3,(H,16,17,19). The predicted octanol–water partition coefficient (Wildman–Crippen LogP) is 2.80. The molecule has 3 aromatic rings. The van der Waals surface area contributed by atoms with Crippen LogP contribution in [0.2, 0.25) is 0 Å². The third-order valence-electron chi connectivity index (χ3n) is 2.71. The van der Waals surface area contributed by atoms with Gasteiger partial charge in [-0.3, -0.25) is 9.48 Å². The average molecular weight is 284 g/mol. The molecule has 20 heavy (non-hydrogen) atoms. The van der Waals surface area contributed by atoms with E-state index in [2.05, 4.69) is 15.4 Å². The van der Waals surface area contributed by atoms with Gasteiger partial charge in [-0.05, 0) is 0 Å². The number of nitrogens with zero attached hydrogens (tertiary/aromatic N) is 3. The molecule has 0 unspecified atom stereocenters. The highest BCUT2D eigenvalue weighted by Crippen LogP contribution is 2.23. The molecule has 1 aromatic carbocycles. The van der Waals surface area contributed by atoms with Crippen LogP contribution in [0.3, 0.4) is 0 Å². The first-order valence-corrected chi connectivity index (χ1v) is 6.92. The van der Waals surface area contributed by atoms with Gasteiger partial charge in [-0.1, -0.05) is 30.3 Å². The van der Waals surface area contributed by atoms with Gasteiger partial charge in [-0.2, -0.15) is 5.10 Å². The van der Waals surface area contributed by atoms with Crippen molar-refractivity contribution < 1.29 is 4.79 Å². The zero-order valence-corrected chi connectivity index (χ0v) is 11.6. The first-order chi connectivity index (χ1) is 9.72. The van der Waals surface area contributed by atoms with Crippen molar-refractivity contribution in [2.75, 3.05) is 5.32 Å². The van der Waals surface area contributed by atoms with Gasteiger partial charge in [0, 0.05) is 30.3 Å². The smallest absolute Gasteiger partial charge is 0.276 e. The Morgan fingerprint density at radius 1 is 1.25 bits per heavy atom. The van der Waals surface area contributed by atoms with Crippen molar-refractivity contribution in [2.24, 2.45) is 7.05 Å². The van der Waals surface area contributed by atoms with Gasteiger partial charge in [0.05, 0.1) is 0 Å². The predicted molar refractivity (Wildman–Crippen MR) is 78.7 cm³/mol. The van der Waals surface area contributed by atoms with Crippen LogP contribution in [0.1, 0.15) is 10.5 Å². The third kappa shape index (κ3) is 2.60. The van der Waals surface area contributed by atoms with E-state index in [0.29, 0.717) is 11.5 Å². The minimum Gasteiger partial charge on any atom is -0.304 e. The Morgan fingerprint density at radius 2 is 2.05 bits per heavy atom. The highest BCUT2D eigenvalue weighted by atomic mass is 32.1. The summed E-state index contributed by atoms with van der Waals surface area (Å²) in [4.78, 5) is 16.4. The van der Waals surface area contributed by atoms with Crippen molar-refractivity contribution in [2.45, 2.75) is 0 Å². The lowest BCUT2D eigenvalue weighted by molar-refractivity contribution is 0.102. The summed E-state index contributed by atoms with van der Waals surface area (Å²) in [5.41, 5.74) is 1.41. The number of anilines is 1. The summed E-state index contributed by atoms with van der Waals surface area (Å²) in [6.07, 6.45) is 1.77. The third-order valence-corrected chi connectivity index (χ3v) is 3.60. The number of aryl methyl sites for hydroxylation is 1. The van der Waals surface area contributed by atoms with Crippen LogP contribution in [-0.2, 0) is 7.05 Å². The molecule has 1 N–H and O–H groups in total. The van der Waals surface area contributed by atoms with Crippen LogP contribution >= 0.6 is 11.3 Å². The van der Waals surface area contributed by atoms with Crippen LogP contribution in [0.25, 0.3) is 10.6 Å². The lowest BCUT2D eigenvalue weighted by Gasteiger charge is -1.98. The zero-order valence-electron chi connectivity index (χ0n) is 10.8. The minimum absolute atomic E-state index is 0.248. The number of benzene rings is 1. The number of aromatic nitrogens is 3. The van der Waals surface area contributed by atoms with Crippen LogP contribution in [0.4, 0.5) is 5.82 Å². The fourth-order valence-corrected chi connectivity index (χ4v) is 2.56. The number of rotatable bonds is 3. The summed E-state index contributed by atoms with van der Waals surface area (Å²) in [6.45, 7) is 0. The second-order valence-corrected chi connectivity index (χ2v) is 5.09. The molecule has 0 aliphatic heterocycles. The fraction of sp³-hybridized carbons (Fsp3) is 0.0714. The van der Waals surface area contributed by atoms with E-state index in [1.54, 1.807) is 29.4 Å². The highest BCUT2D eigenvalue weighted by Gasteiger charge is 2.12. The Kier molecular flexibility index (Phi) is 3.30. The van der Waals surface area contributed by atoms with Gasteiger partial charge in [0.1, 0.15) is 10.7 Å². The first-order valence-electron chi connectivity index (χ1n) is 6.04. The van der Waals surface area contributed by atoms with Crippen molar-refractivity contribution in [1.29, 1.82) is 0 Å². The molecule has 0 radical (unpaired) electrons. The van der Waals surface area contributed by atoms with Crippen molar-refractivity contribution in [3.63, 3.8) is 0 Å². The molecule has 3 rings (SSSR count). The van der Waals surface area contributed by atoms with Crippen molar-refractivity contribution in [3.05, 3.63) is 53.7 Å². The number of carbonyl (C=O) groups is 1. The lowest BCUT2D eigenvalue weighted by atomic mass is 10.2. The zero-order chi connectivity index (χ0) is 13.9. The molecule has 0 aliphatic carbocycles. The number of nitrogens with one attached hydrogen (secondary N) is 1. The Labute approximate surface area is 119 Å².